The van der Waals surface area contributed by atoms with Gasteiger partial charge in [-0.05, 0) is 36.5 Å². The smallest absolute Gasteiger partial charge is 0.287 e. The van der Waals surface area contributed by atoms with Gasteiger partial charge in [0.15, 0.2) is 11.5 Å². The van der Waals surface area contributed by atoms with E-state index in [0.717, 1.165) is 10.9 Å². The van der Waals surface area contributed by atoms with Crippen molar-refractivity contribution in [3.8, 4) is 0 Å². The average Bonchev–Trinajstić information content (AvgIpc) is 3.25. The Labute approximate surface area is 210 Å². The number of carbonyl (C=O) groups is 4. The van der Waals surface area contributed by atoms with Gasteiger partial charge in [-0.2, -0.15) is 0 Å². The summed E-state index contributed by atoms with van der Waals surface area (Å²) in [5.74, 6) is -1.06. The van der Waals surface area contributed by atoms with E-state index < -0.39 is 23.9 Å². The lowest BCUT2D eigenvalue weighted by Crippen LogP contribution is -2.52. The zero-order valence-corrected chi connectivity index (χ0v) is 20.5. The number of nitrogens with one attached hydrogen (secondary N) is 2. The first kappa shape index (κ1) is 25.2. The lowest BCUT2D eigenvalue weighted by atomic mass is 10.0. The van der Waals surface area contributed by atoms with Crippen LogP contribution in [0.2, 0.25) is 0 Å². The summed E-state index contributed by atoms with van der Waals surface area (Å²) in [6.07, 6.45) is 0.766. The van der Waals surface area contributed by atoms with Crippen molar-refractivity contribution in [3.05, 3.63) is 72.0 Å². The molecule has 0 unspecified atom stereocenters. The molecule has 2 atom stereocenters. The quantitative estimate of drug-likeness (QED) is 0.504. The largest absolute Gasteiger partial charge is 0.451 e. The number of hydrogen-bond donors (Lipinski definition) is 2. The van der Waals surface area contributed by atoms with Crippen LogP contribution in [0.4, 0.5) is 0 Å². The normalized spacial score (nSPS) is 17.2. The van der Waals surface area contributed by atoms with E-state index in [1.54, 1.807) is 12.1 Å². The van der Waals surface area contributed by atoms with Crippen LogP contribution >= 0.6 is 0 Å². The fraction of sp³-hybridized carbons (Fsp3) is 0.357. The van der Waals surface area contributed by atoms with Crippen molar-refractivity contribution in [1.29, 1.82) is 0 Å². The number of carbonyl (C=O) groups excluding carboxylic acids is 4. The highest BCUT2D eigenvalue weighted by Gasteiger charge is 2.32. The van der Waals surface area contributed by atoms with Gasteiger partial charge >= 0.3 is 0 Å². The molecule has 1 fully saturated rings. The molecule has 2 aromatic carbocycles. The molecule has 36 heavy (non-hydrogen) atoms. The fourth-order valence-corrected chi connectivity index (χ4v) is 4.37. The average molecular weight is 490 g/mol. The molecular weight excluding hydrogens is 458 g/mol. The lowest BCUT2D eigenvalue weighted by molar-refractivity contribution is -0.134. The SMILES string of the molecule is CC(C)C[C@H](NC(=O)c1cc2ccccc2o1)C(=O)N[C@H]1CCC(=O)N(Cc2ccccc2)CC1=O. The maximum atomic E-state index is 13.2. The van der Waals surface area contributed by atoms with Gasteiger partial charge in [-0.15, -0.1) is 0 Å². The van der Waals surface area contributed by atoms with Crippen molar-refractivity contribution in [3.63, 3.8) is 0 Å². The minimum absolute atomic E-state index is 0.0706. The van der Waals surface area contributed by atoms with Gasteiger partial charge < -0.3 is 20.0 Å². The third kappa shape index (κ3) is 6.19. The van der Waals surface area contributed by atoms with E-state index in [-0.39, 0.29) is 42.8 Å². The summed E-state index contributed by atoms with van der Waals surface area (Å²) in [6, 6.07) is 16.8. The minimum atomic E-state index is -0.849. The minimum Gasteiger partial charge on any atom is -0.451 e. The molecule has 0 bridgehead atoms. The standard InChI is InChI=1S/C28H31N3O5/c1-18(2)14-22(30-28(35)25-15-20-10-6-7-11-24(20)36-25)27(34)29-21-12-13-26(33)31(17-23(21)32)16-19-8-4-3-5-9-19/h3-11,15,18,21-22H,12-14,16-17H2,1-2H3,(H,29,34)(H,30,35)/t21-,22-/m0/s1. The Morgan fingerprint density at radius 3 is 2.50 bits per heavy atom. The number of likely N-dealkylation sites (tertiary alicyclic amines) is 1. The van der Waals surface area contributed by atoms with Crippen LogP contribution in [0.15, 0.2) is 65.1 Å². The van der Waals surface area contributed by atoms with Crippen molar-refractivity contribution < 1.29 is 23.6 Å². The molecule has 1 aliphatic heterocycles. The van der Waals surface area contributed by atoms with Gasteiger partial charge in [0.1, 0.15) is 11.6 Å². The first-order valence-electron chi connectivity index (χ1n) is 12.2. The number of para-hydroxylation sites is 1. The summed E-state index contributed by atoms with van der Waals surface area (Å²) >= 11 is 0. The summed E-state index contributed by atoms with van der Waals surface area (Å²) in [4.78, 5) is 53.2. The third-order valence-electron chi connectivity index (χ3n) is 6.25. The van der Waals surface area contributed by atoms with Gasteiger partial charge in [-0.3, -0.25) is 19.2 Å². The molecule has 188 valence electrons. The predicted molar refractivity (Wildman–Crippen MR) is 135 cm³/mol. The van der Waals surface area contributed by atoms with E-state index in [4.69, 9.17) is 4.42 Å². The van der Waals surface area contributed by atoms with Crippen LogP contribution in [0, 0.1) is 5.92 Å². The van der Waals surface area contributed by atoms with Crippen molar-refractivity contribution in [2.75, 3.05) is 6.54 Å². The Morgan fingerprint density at radius 1 is 1.06 bits per heavy atom. The van der Waals surface area contributed by atoms with E-state index in [2.05, 4.69) is 10.6 Å². The monoisotopic (exact) mass is 489 g/mol. The maximum Gasteiger partial charge on any atom is 0.287 e. The lowest BCUT2D eigenvalue weighted by Gasteiger charge is -2.23. The van der Waals surface area contributed by atoms with E-state index in [0.29, 0.717) is 18.5 Å². The Bertz CT molecular complexity index is 1220. The van der Waals surface area contributed by atoms with Gasteiger partial charge in [0.25, 0.3) is 5.91 Å². The summed E-state index contributed by atoms with van der Waals surface area (Å²) in [5, 5.41) is 6.34. The number of amides is 3. The molecular formula is C28H31N3O5. The summed E-state index contributed by atoms with van der Waals surface area (Å²) in [6.45, 7) is 4.17. The van der Waals surface area contributed by atoms with Crippen LogP contribution in [0.1, 0.15) is 49.2 Å². The first-order chi connectivity index (χ1) is 17.3. The van der Waals surface area contributed by atoms with Gasteiger partial charge in [0.2, 0.25) is 11.8 Å². The molecule has 0 aliphatic carbocycles. The van der Waals surface area contributed by atoms with Crippen molar-refractivity contribution in [1.82, 2.24) is 15.5 Å². The van der Waals surface area contributed by atoms with Crippen molar-refractivity contribution in [2.45, 2.75) is 51.7 Å². The molecule has 2 N–H and O–H groups in total. The topological polar surface area (TPSA) is 109 Å². The number of Topliss-reactive ketones (excluding diaryl/α,β-unsaturated/α-hetero) is 1. The molecule has 3 amide bonds. The summed E-state index contributed by atoms with van der Waals surface area (Å²) in [7, 11) is 0. The number of fused-ring (bicyclic) bond motifs is 1. The molecule has 4 rings (SSSR count). The zero-order valence-electron chi connectivity index (χ0n) is 20.5. The molecule has 0 saturated carbocycles. The molecule has 1 saturated heterocycles. The van der Waals surface area contributed by atoms with E-state index >= 15 is 0 Å². The number of nitrogens with zero attached hydrogens (tertiary/aromatic N) is 1. The molecule has 0 radical (unpaired) electrons. The second-order valence-corrected chi connectivity index (χ2v) is 9.61. The number of benzene rings is 2. The number of hydrogen-bond acceptors (Lipinski definition) is 5. The second-order valence-electron chi connectivity index (χ2n) is 9.61. The van der Waals surface area contributed by atoms with Crippen molar-refractivity contribution >= 4 is 34.5 Å². The molecule has 1 aromatic heterocycles. The van der Waals surface area contributed by atoms with Gasteiger partial charge in [0, 0.05) is 18.4 Å². The van der Waals surface area contributed by atoms with E-state index in [1.807, 2.05) is 62.4 Å². The van der Waals surface area contributed by atoms with Crippen molar-refractivity contribution in [2.24, 2.45) is 5.92 Å². The van der Waals surface area contributed by atoms with Gasteiger partial charge in [0.05, 0.1) is 12.6 Å². The second kappa shape index (κ2) is 11.2. The Kier molecular flexibility index (Phi) is 7.83. The van der Waals surface area contributed by atoms with Crippen LogP contribution in [0.3, 0.4) is 0 Å². The van der Waals surface area contributed by atoms with Gasteiger partial charge in [-0.1, -0.05) is 62.4 Å². The van der Waals surface area contributed by atoms with Crippen LogP contribution < -0.4 is 10.6 Å². The van der Waals surface area contributed by atoms with Crippen LogP contribution in [0.25, 0.3) is 11.0 Å². The Balaban J connectivity index is 1.42. The van der Waals surface area contributed by atoms with Crippen LogP contribution in [-0.2, 0) is 20.9 Å². The van der Waals surface area contributed by atoms with Gasteiger partial charge in [-0.25, -0.2) is 0 Å². The third-order valence-corrected chi connectivity index (χ3v) is 6.25. The highest BCUT2D eigenvalue weighted by molar-refractivity contribution is 6.00. The first-order valence-corrected chi connectivity index (χ1v) is 12.2. The predicted octanol–water partition coefficient (Wildman–Crippen LogP) is 3.45. The summed E-state index contributed by atoms with van der Waals surface area (Å²) in [5.41, 5.74) is 1.52. The molecule has 8 heteroatoms. The Morgan fingerprint density at radius 2 is 1.78 bits per heavy atom. The molecule has 2 heterocycles. The highest BCUT2D eigenvalue weighted by atomic mass is 16.3. The molecule has 1 aliphatic rings. The number of furan rings is 1. The molecule has 3 aromatic rings. The Hall–Kier alpha value is -3.94. The summed E-state index contributed by atoms with van der Waals surface area (Å²) < 4.78 is 5.63. The highest BCUT2D eigenvalue weighted by Crippen LogP contribution is 2.19. The van der Waals surface area contributed by atoms with Crippen LogP contribution in [0.5, 0.6) is 0 Å². The number of ketones is 1. The van der Waals surface area contributed by atoms with Crippen LogP contribution in [-0.4, -0.2) is 47.0 Å². The molecule has 8 nitrogen and oxygen atoms in total. The maximum absolute atomic E-state index is 13.2. The van der Waals surface area contributed by atoms with E-state index in [9.17, 15) is 19.2 Å². The zero-order chi connectivity index (χ0) is 25.7. The fourth-order valence-electron chi connectivity index (χ4n) is 4.37. The van der Waals surface area contributed by atoms with E-state index in [1.165, 1.54) is 4.90 Å². The number of rotatable bonds is 8. The molecule has 0 spiro atoms.